The predicted molar refractivity (Wildman–Crippen MR) is 46.9 cm³/mol. The molecule has 12 heavy (non-hydrogen) atoms. The molecule has 0 heterocycles. The lowest BCUT2D eigenvalue weighted by Crippen LogP contribution is -2.38. The van der Waals surface area contributed by atoms with E-state index in [1.807, 2.05) is 0 Å². The molecule has 0 saturated heterocycles. The van der Waals surface area contributed by atoms with Crippen molar-refractivity contribution in [2.24, 2.45) is 5.92 Å². The fourth-order valence-electron chi connectivity index (χ4n) is 0.441. The maximum Gasteiger partial charge on any atom is 0.278 e. The number of aliphatic hydroxyl groups excluding tert-OH is 1. The SMILES string of the molecule is CC(CO)CNS(=O)(=O)N(C)C. The Labute approximate surface area is 73.6 Å². The Bertz CT molecular complexity index is 213. The number of nitrogens with one attached hydrogen (secondary N) is 1. The number of hydrogen-bond donors (Lipinski definition) is 2. The second kappa shape index (κ2) is 4.76. The zero-order chi connectivity index (χ0) is 9.78. The van der Waals surface area contributed by atoms with Gasteiger partial charge in [0.05, 0.1) is 0 Å². The van der Waals surface area contributed by atoms with E-state index in [-0.39, 0.29) is 19.1 Å². The van der Waals surface area contributed by atoms with Crippen LogP contribution in [-0.2, 0) is 10.2 Å². The lowest BCUT2D eigenvalue weighted by Gasteiger charge is -2.14. The van der Waals surface area contributed by atoms with Gasteiger partial charge in [-0.3, -0.25) is 0 Å². The second-order valence-corrected chi connectivity index (χ2v) is 4.89. The predicted octanol–water partition coefficient (Wildman–Crippen LogP) is -0.989. The van der Waals surface area contributed by atoms with Gasteiger partial charge in [-0.15, -0.1) is 0 Å². The van der Waals surface area contributed by atoms with E-state index in [4.69, 9.17) is 5.11 Å². The van der Waals surface area contributed by atoms with Crippen molar-refractivity contribution in [3.63, 3.8) is 0 Å². The van der Waals surface area contributed by atoms with Gasteiger partial charge >= 0.3 is 0 Å². The fraction of sp³-hybridized carbons (Fsp3) is 1.00. The molecule has 0 aromatic rings. The fourth-order valence-corrected chi connectivity index (χ4v) is 1.19. The lowest BCUT2D eigenvalue weighted by molar-refractivity contribution is 0.238. The van der Waals surface area contributed by atoms with Gasteiger partial charge in [-0.2, -0.15) is 12.7 Å². The third-order valence-corrected chi connectivity index (χ3v) is 2.90. The summed E-state index contributed by atoms with van der Waals surface area (Å²) in [4.78, 5) is 0. The lowest BCUT2D eigenvalue weighted by atomic mass is 10.2. The summed E-state index contributed by atoms with van der Waals surface area (Å²) in [7, 11) is -0.430. The Kier molecular flexibility index (Phi) is 4.69. The molecular weight excluding hydrogens is 180 g/mol. The molecule has 0 aromatic heterocycles. The first kappa shape index (κ1) is 11.8. The summed E-state index contributed by atoms with van der Waals surface area (Å²) in [6.45, 7) is 2.01. The highest BCUT2D eigenvalue weighted by Crippen LogP contribution is 1.93. The minimum atomic E-state index is -3.33. The first-order chi connectivity index (χ1) is 5.40. The van der Waals surface area contributed by atoms with Crippen LogP contribution in [0.4, 0.5) is 0 Å². The van der Waals surface area contributed by atoms with E-state index in [1.54, 1.807) is 6.92 Å². The molecule has 0 rings (SSSR count). The molecule has 2 N–H and O–H groups in total. The van der Waals surface area contributed by atoms with E-state index in [1.165, 1.54) is 14.1 Å². The van der Waals surface area contributed by atoms with Crippen molar-refractivity contribution in [2.45, 2.75) is 6.92 Å². The topological polar surface area (TPSA) is 69.6 Å². The number of hydrogen-bond acceptors (Lipinski definition) is 3. The van der Waals surface area contributed by atoms with Gasteiger partial charge in [0.2, 0.25) is 0 Å². The van der Waals surface area contributed by atoms with Crippen LogP contribution in [0.15, 0.2) is 0 Å². The molecule has 0 bridgehead atoms. The van der Waals surface area contributed by atoms with Crippen LogP contribution in [0, 0.1) is 5.92 Å². The summed E-state index contributed by atoms with van der Waals surface area (Å²) in [5.41, 5.74) is 0. The van der Waals surface area contributed by atoms with Crippen LogP contribution in [0.25, 0.3) is 0 Å². The first-order valence-corrected chi connectivity index (χ1v) is 5.12. The van der Waals surface area contributed by atoms with Crippen LogP contribution in [0.1, 0.15) is 6.92 Å². The highest BCUT2D eigenvalue weighted by molar-refractivity contribution is 7.87. The summed E-state index contributed by atoms with van der Waals surface area (Å²) in [6.07, 6.45) is 0. The molecule has 1 atom stereocenters. The van der Waals surface area contributed by atoms with Crippen molar-refractivity contribution in [1.82, 2.24) is 9.03 Å². The van der Waals surface area contributed by atoms with Crippen LogP contribution in [0.5, 0.6) is 0 Å². The largest absolute Gasteiger partial charge is 0.396 e. The molecular formula is C6H16N2O3S. The highest BCUT2D eigenvalue weighted by atomic mass is 32.2. The summed E-state index contributed by atoms with van der Waals surface area (Å²) in [5, 5.41) is 8.62. The van der Waals surface area contributed by atoms with Crippen molar-refractivity contribution < 1.29 is 13.5 Å². The van der Waals surface area contributed by atoms with E-state index in [0.29, 0.717) is 0 Å². The van der Waals surface area contributed by atoms with E-state index in [9.17, 15) is 8.42 Å². The smallest absolute Gasteiger partial charge is 0.278 e. The number of rotatable bonds is 5. The van der Waals surface area contributed by atoms with E-state index >= 15 is 0 Å². The van der Waals surface area contributed by atoms with Crippen molar-refractivity contribution in [1.29, 1.82) is 0 Å². The normalized spacial score (nSPS) is 15.1. The first-order valence-electron chi connectivity index (χ1n) is 3.68. The van der Waals surface area contributed by atoms with Gasteiger partial charge in [0.15, 0.2) is 0 Å². The molecule has 0 fully saturated rings. The molecule has 5 nitrogen and oxygen atoms in total. The van der Waals surface area contributed by atoms with Crippen LogP contribution in [-0.4, -0.2) is 45.1 Å². The maximum atomic E-state index is 11.1. The van der Waals surface area contributed by atoms with E-state index in [0.717, 1.165) is 4.31 Å². The van der Waals surface area contributed by atoms with E-state index < -0.39 is 10.2 Å². The van der Waals surface area contributed by atoms with Gasteiger partial charge in [0, 0.05) is 27.2 Å². The molecule has 1 unspecified atom stereocenters. The average molecular weight is 196 g/mol. The van der Waals surface area contributed by atoms with Crippen LogP contribution < -0.4 is 4.72 Å². The van der Waals surface area contributed by atoms with Gasteiger partial charge in [-0.1, -0.05) is 6.92 Å². The monoisotopic (exact) mass is 196 g/mol. The van der Waals surface area contributed by atoms with Crippen molar-refractivity contribution in [3.8, 4) is 0 Å². The summed E-state index contributed by atoms with van der Waals surface area (Å²) < 4.78 is 25.6. The minimum absolute atomic E-state index is 0.0179. The van der Waals surface area contributed by atoms with E-state index in [2.05, 4.69) is 4.72 Å². The van der Waals surface area contributed by atoms with Gasteiger partial charge in [0.25, 0.3) is 10.2 Å². The minimum Gasteiger partial charge on any atom is -0.396 e. The van der Waals surface area contributed by atoms with Gasteiger partial charge in [-0.25, -0.2) is 4.72 Å². The molecule has 0 aliphatic rings. The molecule has 0 spiro atoms. The molecule has 6 heteroatoms. The van der Waals surface area contributed by atoms with Gasteiger partial charge in [-0.05, 0) is 5.92 Å². The van der Waals surface area contributed by atoms with Gasteiger partial charge < -0.3 is 5.11 Å². The zero-order valence-corrected chi connectivity index (χ0v) is 8.43. The Balaban J connectivity index is 3.94. The zero-order valence-electron chi connectivity index (χ0n) is 7.61. The Morgan fingerprint density at radius 1 is 1.50 bits per heavy atom. The van der Waals surface area contributed by atoms with Gasteiger partial charge in [0.1, 0.15) is 0 Å². The molecule has 0 radical (unpaired) electrons. The quantitative estimate of drug-likeness (QED) is 0.593. The Hall–Kier alpha value is -0.170. The Morgan fingerprint density at radius 2 is 2.00 bits per heavy atom. The summed E-state index contributed by atoms with van der Waals surface area (Å²) >= 11 is 0. The van der Waals surface area contributed by atoms with Crippen molar-refractivity contribution in [2.75, 3.05) is 27.2 Å². The van der Waals surface area contributed by atoms with Crippen LogP contribution in [0.3, 0.4) is 0 Å². The number of aliphatic hydroxyl groups is 1. The third kappa shape index (κ3) is 4.01. The van der Waals surface area contributed by atoms with Crippen LogP contribution in [0.2, 0.25) is 0 Å². The van der Waals surface area contributed by atoms with Crippen molar-refractivity contribution in [3.05, 3.63) is 0 Å². The molecule has 0 amide bonds. The standard InChI is InChI=1S/C6H16N2O3S/c1-6(5-9)4-7-12(10,11)8(2)3/h6-7,9H,4-5H2,1-3H3. The summed E-state index contributed by atoms with van der Waals surface area (Å²) in [5.74, 6) is -0.0558. The van der Waals surface area contributed by atoms with Crippen molar-refractivity contribution >= 4 is 10.2 Å². The molecule has 0 aliphatic carbocycles. The summed E-state index contributed by atoms with van der Waals surface area (Å²) in [6, 6.07) is 0. The second-order valence-electron chi connectivity index (χ2n) is 2.92. The molecule has 0 aromatic carbocycles. The average Bonchev–Trinajstić information content (AvgIpc) is 2.00. The molecule has 74 valence electrons. The third-order valence-electron chi connectivity index (χ3n) is 1.41. The molecule has 0 saturated carbocycles. The Morgan fingerprint density at radius 3 is 2.33 bits per heavy atom. The number of nitrogens with zero attached hydrogens (tertiary/aromatic N) is 1. The highest BCUT2D eigenvalue weighted by Gasteiger charge is 2.13. The molecule has 0 aliphatic heterocycles. The van der Waals surface area contributed by atoms with Crippen LogP contribution >= 0.6 is 0 Å². The maximum absolute atomic E-state index is 11.1.